The highest BCUT2D eigenvalue weighted by Gasteiger charge is 2.30. The maximum atomic E-state index is 12.9. The molecular formula is C23H36N8O6S. The van der Waals surface area contributed by atoms with Gasteiger partial charge in [-0.05, 0) is 24.8 Å². The Morgan fingerprint density at radius 2 is 1.45 bits per heavy atom. The molecule has 0 saturated carbocycles. The highest BCUT2D eigenvalue weighted by Crippen LogP contribution is 2.06. The average Bonchev–Trinajstić information content (AvgIpc) is 2.86. The second kappa shape index (κ2) is 16.8. The van der Waals surface area contributed by atoms with Crippen LogP contribution in [0.15, 0.2) is 35.3 Å². The van der Waals surface area contributed by atoms with Crippen molar-refractivity contribution in [2.75, 3.05) is 12.3 Å². The Morgan fingerprint density at radius 3 is 2.00 bits per heavy atom. The van der Waals surface area contributed by atoms with Gasteiger partial charge in [0.25, 0.3) is 0 Å². The Kier molecular flexibility index (Phi) is 14.2. The molecular weight excluding hydrogens is 516 g/mol. The van der Waals surface area contributed by atoms with Crippen molar-refractivity contribution in [2.45, 2.75) is 56.3 Å². The van der Waals surface area contributed by atoms with Crippen LogP contribution in [0.25, 0.3) is 0 Å². The smallest absolute Gasteiger partial charge is 0.326 e. The number of aliphatic carboxylic acids is 1. The minimum Gasteiger partial charge on any atom is -0.480 e. The molecule has 0 aliphatic rings. The second-order valence-electron chi connectivity index (χ2n) is 8.45. The number of hydrogen-bond acceptors (Lipinski definition) is 8. The molecule has 0 aromatic heterocycles. The van der Waals surface area contributed by atoms with Crippen molar-refractivity contribution in [1.29, 1.82) is 0 Å². The Morgan fingerprint density at radius 1 is 0.868 bits per heavy atom. The molecule has 1 aromatic carbocycles. The van der Waals surface area contributed by atoms with E-state index in [0.29, 0.717) is 12.0 Å². The summed E-state index contributed by atoms with van der Waals surface area (Å²) in [4.78, 5) is 65.1. The lowest BCUT2D eigenvalue weighted by molar-refractivity contribution is -0.142. The lowest BCUT2D eigenvalue weighted by Crippen LogP contribution is -2.58. The van der Waals surface area contributed by atoms with Gasteiger partial charge in [-0.1, -0.05) is 30.3 Å². The number of carboxylic acid groups (broad SMARTS) is 1. The normalized spacial score (nSPS) is 13.7. The molecule has 38 heavy (non-hydrogen) atoms. The molecule has 0 radical (unpaired) electrons. The van der Waals surface area contributed by atoms with Crippen LogP contribution in [0.2, 0.25) is 0 Å². The molecule has 4 atom stereocenters. The number of aliphatic imine (C=N–C) groups is 1. The van der Waals surface area contributed by atoms with E-state index < -0.39 is 53.8 Å². The molecule has 0 aliphatic heterocycles. The van der Waals surface area contributed by atoms with E-state index in [-0.39, 0.29) is 43.9 Å². The van der Waals surface area contributed by atoms with E-state index in [1.165, 1.54) is 0 Å². The number of nitrogens with two attached hydrogens (primary N) is 4. The van der Waals surface area contributed by atoms with Crippen molar-refractivity contribution in [2.24, 2.45) is 27.9 Å². The van der Waals surface area contributed by atoms with Crippen LogP contribution in [0.3, 0.4) is 0 Å². The molecule has 210 valence electrons. The van der Waals surface area contributed by atoms with Crippen LogP contribution in [0, 0.1) is 0 Å². The monoisotopic (exact) mass is 552 g/mol. The minimum atomic E-state index is -1.31. The highest BCUT2D eigenvalue weighted by atomic mass is 32.1. The van der Waals surface area contributed by atoms with E-state index in [0.717, 1.165) is 0 Å². The predicted octanol–water partition coefficient (Wildman–Crippen LogP) is -2.66. The summed E-state index contributed by atoms with van der Waals surface area (Å²) < 4.78 is 0. The van der Waals surface area contributed by atoms with Crippen LogP contribution in [0.5, 0.6) is 0 Å². The van der Waals surface area contributed by atoms with Crippen LogP contribution < -0.4 is 38.9 Å². The van der Waals surface area contributed by atoms with Gasteiger partial charge in [-0.3, -0.25) is 24.2 Å². The first-order chi connectivity index (χ1) is 17.9. The largest absolute Gasteiger partial charge is 0.480 e. The fraction of sp³-hybridized carbons (Fsp3) is 0.478. The first-order valence-corrected chi connectivity index (χ1v) is 12.5. The summed E-state index contributed by atoms with van der Waals surface area (Å²) in [6.45, 7) is 0.276. The van der Waals surface area contributed by atoms with Gasteiger partial charge in [-0.15, -0.1) is 0 Å². The summed E-state index contributed by atoms with van der Waals surface area (Å²) in [5.41, 5.74) is 22.2. The van der Waals surface area contributed by atoms with Crippen molar-refractivity contribution >= 4 is 48.2 Å². The molecule has 1 aromatic rings. The molecule has 1 rings (SSSR count). The Bertz CT molecular complexity index is 989. The lowest BCUT2D eigenvalue weighted by atomic mass is 10.0. The Balaban J connectivity index is 2.85. The van der Waals surface area contributed by atoms with Gasteiger partial charge < -0.3 is 44.0 Å². The maximum absolute atomic E-state index is 12.9. The molecule has 0 heterocycles. The Hall–Kier alpha value is -3.85. The van der Waals surface area contributed by atoms with Crippen molar-refractivity contribution in [3.63, 3.8) is 0 Å². The average molecular weight is 553 g/mol. The van der Waals surface area contributed by atoms with Crippen molar-refractivity contribution in [3.05, 3.63) is 35.9 Å². The molecule has 4 amide bonds. The number of thiol groups is 1. The van der Waals surface area contributed by atoms with Crippen molar-refractivity contribution in [1.82, 2.24) is 16.0 Å². The lowest BCUT2D eigenvalue weighted by Gasteiger charge is -2.24. The number of carboxylic acids is 1. The number of nitrogens with zero attached hydrogens (tertiary/aromatic N) is 1. The maximum Gasteiger partial charge on any atom is 0.326 e. The van der Waals surface area contributed by atoms with Crippen LogP contribution in [0.1, 0.15) is 31.2 Å². The number of hydrogen-bond donors (Lipinski definition) is 9. The molecule has 0 spiro atoms. The summed E-state index contributed by atoms with van der Waals surface area (Å²) >= 11 is 4.09. The number of guanidine groups is 1. The van der Waals surface area contributed by atoms with Gasteiger partial charge in [-0.25, -0.2) is 4.79 Å². The molecule has 4 unspecified atom stereocenters. The number of nitrogens with one attached hydrogen (secondary N) is 3. The van der Waals surface area contributed by atoms with Gasteiger partial charge >= 0.3 is 5.97 Å². The summed E-state index contributed by atoms with van der Waals surface area (Å²) in [6.07, 6.45) is 0.211. The molecule has 14 nitrogen and oxygen atoms in total. The molecule has 0 fully saturated rings. The molecule has 12 N–H and O–H groups in total. The number of benzene rings is 1. The van der Waals surface area contributed by atoms with Gasteiger partial charge in [0.1, 0.15) is 18.1 Å². The van der Waals surface area contributed by atoms with Crippen LogP contribution >= 0.6 is 12.6 Å². The zero-order valence-corrected chi connectivity index (χ0v) is 21.7. The number of carbonyl (C=O) groups is 5. The number of rotatable bonds is 17. The molecule has 0 bridgehead atoms. The summed E-state index contributed by atoms with van der Waals surface area (Å²) in [6, 6.07) is 3.92. The zero-order chi connectivity index (χ0) is 28.7. The summed E-state index contributed by atoms with van der Waals surface area (Å²) in [5.74, 6) is -4.45. The number of amides is 4. The van der Waals surface area contributed by atoms with Gasteiger partial charge in [0, 0.05) is 25.1 Å². The highest BCUT2D eigenvalue weighted by molar-refractivity contribution is 7.80. The summed E-state index contributed by atoms with van der Waals surface area (Å²) in [5, 5.41) is 16.9. The quantitative estimate of drug-likeness (QED) is 0.0422. The second-order valence-corrected chi connectivity index (χ2v) is 8.82. The SMILES string of the molecule is NC(=O)CCC(NC(=O)C(CS)NC(=O)C(N)CCCN=C(N)N)C(=O)NC(Cc1ccccc1)C(=O)O. The van der Waals surface area contributed by atoms with Gasteiger partial charge in [0.05, 0.1) is 6.04 Å². The molecule has 15 heteroatoms. The third-order valence-electron chi connectivity index (χ3n) is 5.33. The minimum absolute atomic E-state index is 0.00516. The fourth-order valence-corrected chi connectivity index (χ4v) is 3.53. The van der Waals surface area contributed by atoms with E-state index >= 15 is 0 Å². The summed E-state index contributed by atoms with van der Waals surface area (Å²) in [7, 11) is 0. The predicted molar refractivity (Wildman–Crippen MR) is 144 cm³/mol. The van der Waals surface area contributed by atoms with Crippen molar-refractivity contribution < 1.29 is 29.1 Å². The van der Waals surface area contributed by atoms with Crippen LogP contribution in [-0.2, 0) is 30.4 Å². The van der Waals surface area contributed by atoms with Gasteiger partial charge in [-0.2, -0.15) is 12.6 Å². The van der Waals surface area contributed by atoms with Gasteiger partial charge in [0.2, 0.25) is 23.6 Å². The first-order valence-electron chi connectivity index (χ1n) is 11.8. The van der Waals surface area contributed by atoms with Crippen LogP contribution in [0.4, 0.5) is 0 Å². The van der Waals surface area contributed by atoms with Gasteiger partial charge in [0.15, 0.2) is 5.96 Å². The Labute approximate surface area is 225 Å². The van der Waals surface area contributed by atoms with Crippen LogP contribution in [-0.4, -0.2) is 77.1 Å². The number of primary amides is 1. The first kappa shape index (κ1) is 32.2. The molecule has 0 aliphatic carbocycles. The standard InChI is InChI=1S/C23H36N8O6S/c24-14(7-4-10-28-23(26)27)19(33)31-17(12-38)21(35)29-15(8-9-18(25)32)20(34)30-16(22(36)37)11-13-5-2-1-3-6-13/h1-3,5-6,14-17,38H,4,7-12,24H2,(H2,25,32)(H,29,35)(H,30,34)(H,31,33)(H,36,37)(H4,26,27,28). The topological polar surface area (TPSA) is 258 Å². The third kappa shape index (κ3) is 12.4. The molecule has 0 saturated heterocycles. The third-order valence-corrected chi connectivity index (χ3v) is 5.69. The van der Waals surface area contributed by atoms with E-state index in [4.69, 9.17) is 22.9 Å². The van der Waals surface area contributed by atoms with E-state index in [1.54, 1.807) is 30.3 Å². The van der Waals surface area contributed by atoms with Crippen molar-refractivity contribution in [3.8, 4) is 0 Å². The van der Waals surface area contributed by atoms with E-state index in [2.05, 4.69) is 33.6 Å². The van der Waals surface area contributed by atoms with E-state index in [9.17, 15) is 29.1 Å². The van der Waals surface area contributed by atoms with E-state index in [1.807, 2.05) is 0 Å². The number of carbonyl (C=O) groups excluding carboxylic acids is 4. The zero-order valence-electron chi connectivity index (χ0n) is 20.8. The fourth-order valence-electron chi connectivity index (χ4n) is 3.27.